The number of rotatable bonds is 1. The minimum Gasteiger partial charge on any atom is -0.387 e. The van der Waals surface area contributed by atoms with E-state index in [2.05, 4.69) is 6.58 Å². The summed E-state index contributed by atoms with van der Waals surface area (Å²) in [6.45, 7) is 11.5. The van der Waals surface area contributed by atoms with Crippen LogP contribution in [0.15, 0.2) is 23.8 Å². The van der Waals surface area contributed by atoms with Gasteiger partial charge in [-0.3, -0.25) is 14.4 Å². The first-order valence-corrected chi connectivity index (χ1v) is 11.1. The Morgan fingerprint density at radius 3 is 2.55 bits per heavy atom. The topological polar surface area (TPSA) is 99.1 Å². The monoisotopic (exact) mass is 428 g/mol. The van der Waals surface area contributed by atoms with Crippen LogP contribution in [-0.2, 0) is 28.6 Å². The molecule has 31 heavy (non-hydrogen) atoms. The van der Waals surface area contributed by atoms with E-state index in [9.17, 15) is 19.5 Å². The Kier molecular flexibility index (Phi) is 3.40. The second-order valence-corrected chi connectivity index (χ2v) is 11.3. The number of carbonyl (C=O) groups is 3. The van der Waals surface area contributed by atoms with Crippen molar-refractivity contribution in [2.24, 2.45) is 34.0 Å². The second-order valence-electron chi connectivity index (χ2n) is 11.3. The van der Waals surface area contributed by atoms with Crippen molar-refractivity contribution in [2.75, 3.05) is 6.61 Å². The molecule has 3 saturated heterocycles. The summed E-state index contributed by atoms with van der Waals surface area (Å²) in [6, 6.07) is 0. The standard InChI is InChI=1S/C24H28O7/c1-11-13-6-7-14-22-10-29-24(23(14,16(11)26)19(13)30-21(4,5)31-24)18(28)15(22)20(2,3)8-12(9-25)17(22)27/h8-9,13-15,18-19,28H,1,6-7,10H2,2-5H3. The third-order valence-corrected chi connectivity index (χ3v) is 9.18. The molecular weight excluding hydrogens is 400 g/mol. The molecular formula is C24H28O7. The highest BCUT2D eigenvalue weighted by Gasteiger charge is 2.90. The molecule has 0 amide bonds. The number of hydrogen-bond acceptors (Lipinski definition) is 7. The van der Waals surface area contributed by atoms with Crippen LogP contribution < -0.4 is 0 Å². The molecule has 0 radical (unpaired) electrons. The lowest BCUT2D eigenvalue weighted by Crippen LogP contribution is -2.88. The van der Waals surface area contributed by atoms with Crippen LogP contribution in [0.2, 0.25) is 0 Å². The summed E-state index contributed by atoms with van der Waals surface area (Å²) in [4.78, 5) is 39.7. The molecule has 0 aromatic heterocycles. The number of fused-ring (bicyclic) bond motifs is 1. The molecule has 8 unspecified atom stereocenters. The summed E-state index contributed by atoms with van der Waals surface area (Å²) in [5, 5.41) is 11.9. The number of carbonyl (C=O) groups excluding carboxylic acids is 3. The van der Waals surface area contributed by atoms with Crippen LogP contribution in [0.4, 0.5) is 0 Å². The zero-order valence-corrected chi connectivity index (χ0v) is 18.3. The first-order valence-electron chi connectivity index (χ1n) is 11.1. The molecule has 4 bridgehead atoms. The van der Waals surface area contributed by atoms with Gasteiger partial charge in [-0.05, 0) is 43.6 Å². The van der Waals surface area contributed by atoms with Gasteiger partial charge in [-0.25, -0.2) is 0 Å². The summed E-state index contributed by atoms with van der Waals surface area (Å²) in [6.07, 6.45) is 1.65. The Hall–Kier alpha value is -1.67. The van der Waals surface area contributed by atoms with E-state index in [1.165, 1.54) is 0 Å². The van der Waals surface area contributed by atoms with Gasteiger partial charge in [0.2, 0.25) is 5.79 Å². The molecule has 7 aliphatic rings. The summed E-state index contributed by atoms with van der Waals surface area (Å²) < 4.78 is 19.1. The van der Waals surface area contributed by atoms with Crippen LogP contribution in [0.3, 0.4) is 0 Å². The number of ether oxygens (including phenoxy) is 3. The molecule has 7 nitrogen and oxygen atoms in total. The maximum absolute atomic E-state index is 13.9. The fourth-order valence-electron chi connectivity index (χ4n) is 8.56. The Balaban J connectivity index is 1.71. The van der Waals surface area contributed by atoms with E-state index in [-0.39, 0.29) is 29.7 Å². The predicted molar refractivity (Wildman–Crippen MR) is 106 cm³/mol. The van der Waals surface area contributed by atoms with Crippen LogP contribution >= 0.6 is 0 Å². The molecule has 3 aliphatic heterocycles. The van der Waals surface area contributed by atoms with Crippen molar-refractivity contribution < 1.29 is 33.7 Å². The first-order chi connectivity index (χ1) is 14.4. The van der Waals surface area contributed by atoms with E-state index < -0.39 is 51.9 Å². The quantitative estimate of drug-likeness (QED) is 0.386. The maximum atomic E-state index is 13.9. The van der Waals surface area contributed by atoms with Crippen molar-refractivity contribution in [3.63, 3.8) is 0 Å². The Bertz CT molecular complexity index is 1010. The lowest BCUT2D eigenvalue weighted by atomic mass is 9.36. The maximum Gasteiger partial charge on any atom is 0.213 e. The third kappa shape index (κ3) is 1.77. The number of ketones is 2. The van der Waals surface area contributed by atoms with Gasteiger partial charge >= 0.3 is 0 Å². The lowest BCUT2D eigenvalue weighted by molar-refractivity contribution is -0.521. The van der Waals surface area contributed by atoms with Crippen molar-refractivity contribution in [3.8, 4) is 0 Å². The number of aldehydes is 1. The molecule has 0 aromatic carbocycles. The van der Waals surface area contributed by atoms with Crippen LogP contribution in [0.1, 0.15) is 40.5 Å². The summed E-state index contributed by atoms with van der Waals surface area (Å²) in [5.74, 6) is -4.53. The summed E-state index contributed by atoms with van der Waals surface area (Å²) in [7, 11) is 0. The highest BCUT2D eigenvalue weighted by Crippen LogP contribution is 2.78. The lowest BCUT2D eigenvalue weighted by Gasteiger charge is -2.75. The van der Waals surface area contributed by atoms with E-state index in [1.54, 1.807) is 19.9 Å². The first kappa shape index (κ1) is 20.0. The molecule has 4 aliphatic carbocycles. The van der Waals surface area contributed by atoms with Gasteiger partial charge in [0.05, 0.1) is 23.7 Å². The molecule has 0 aromatic rings. The zero-order valence-electron chi connectivity index (χ0n) is 18.3. The Morgan fingerprint density at radius 1 is 1.16 bits per heavy atom. The Morgan fingerprint density at radius 2 is 1.87 bits per heavy atom. The number of aliphatic hydroxyl groups is 1. The fraction of sp³-hybridized carbons (Fsp3) is 0.708. The third-order valence-electron chi connectivity index (χ3n) is 9.18. The number of Topliss-reactive ketones (excluding diaryl/α,β-unsaturated/α-hetero) is 2. The summed E-state index contributed by atoms with van der Waals surface area (Å²) >= 11 is 0. The van der Waals surface area contributed by atoms with Crippen molar-refractivity contribution in [3.05, 3.63) is 23.8 Å². The van der Waals surface area contributed by atoms with Crippen LogP contribution in [0.25, 0.3) is 0 Å². The largest absolute Gasteiger partial charge is 0.387 e. The van der Waals surface area contributed by atoms with E-state index in [0.29, 0.717) is 24.7 Å². The number of hydrogen-bond donors (Lipinski definition) is 1. The zero-order chi connectivity index (χ0) is 22.4. The van der Waals surface area contributed by atoms with Gasteiger partial charge in [0.15, 0.2) is 23.6 Å². The van der Waals surface area contributed by atoms with Gasteiger partial charge in [0.25, 0.3) is 0 Å². The number of aliphatic hydroxyl groups excluding tert-OH is 1. The van der Waals surface area contributed by atoms with E-state index in [0.717, 1.165) is 0 Å². The molecule has 3 saturated carbocycles. The van der Waals surface area contributed by atoms with Crippen LogP contribution in [-0.4, -0.2) is 53.3 Å². The van der Waals surface area contributed by atoms with Crippen LogP contribution in [0.5, 0.6) is 0 Å². The SMILES string of the molecule is C=C1C(=O)C23C4OC(C)(C)OC25OCC2(C(=O)C(C=O)=CC(C)(C)C2C5O)C3CCC14. The molecule has 166 valence electrons. The highest BCUT2D eigenvalue weighted by molar-refractivity contribution is 6.16. The van der Waals surface area contributed by atoms with E-state index >= 15 is 0 Å². The molecule has 7 rings (SSSR count). The van der Waals surface area contributed by atoms with Crippen LogP contribution in [0, 0.1) is 34.0 Å². The van der Waals surface area contributed by atoms with Gasteiger partial charge in [-0.1, -0.05) is 26.5 Å². The van der Waals surface area contributed by atoms with Gasteiger partial charge < -0.3 is 19.3 Å². The van der Waals surface area contributed by atoms with Gasteiger partial charge in [-0.2, -0.15) is 0 Å². The normalized spacial score (nSPS) is 53.0. The number of allylic oxidation sites excluding steroid dienone is 2. The van der Waals surface area contributed by atoms with Crippen molar-refractivity contribution in [1.82, 2.24) is 0 Å². The van der Waals surface area contributed by atoms with Gasteiger partial charge in [0, 0.05) is 11.8 Å². The predicted octanol–water partition coefficient (Wildman–Crippen LogP) is 1.73. The summed E-state index contributed by atoms with van der Waals surface area (Å²) in [5.41, 5.74) is -2.69. The fourth-order valence-corrected chi connectivity index (χ4v) is 8.56. The average molecular weight is 428 g/mol. The van der Waals surface area contributed by atoms with Gasteiger partial charge in [0.1, 0.15) is 11.5 Å². The Labute approximate surface area is 180 Å². The van der Waals surface area contributed by atoms with E-state index in [4.69, 9.17) is 14.2 Å². The minimum absolute atomic E-state index is 0.00180. The smallest absolute Gasteiger partial charge is 0.213 e. The van der Waals surface area contributed by atoms with E-state index in [1.807, 2.05) is 13.8 Å². The van der Waals surface area contributed by atoms with Crippen molar-refractivity contribution >= 4 is 17.9 Å². The molecule has 1 N–H and O–H groups in total. The molecule has 3 heterocycles. The molecule has 8 atom stereocenters. The molecule has 7 heteroatoms. The van der Waals surface area contributed by atoms with Crippen molar-refractivity contribution in [1.29, 1.82) is 0 Å². The van der Waals surface area contributed by atoms with Crippen molar-refractivity contribution in [2.45, 2.75) is 64.3 Å². The molecule has 6 fully saturated rings. The highest BCUT2D eigenvalue weighted by atomic mass is 16.8. The molecule has 3 spiro atoms. The average Bonchev–Trinajstić information content (AvgIpc) is 2.80. The minimum atomic E-state index is -1.63. The van der Waals surface area contributed by atoms with Gasteiger partial charge in [-0.15, -0.1) is 0 Å². The second kappa shape index (κ2) is 5.28.